The first-order valence-electron chi connectivity index (χ1n) is 8.96. The summed E-state index contributed by atoms with van der Waals surface area (Å²) in [5.41, 5.74) is -1.44. The van der Waals surface area contributed by atoms with Crippen LogP contribution in [0.3, 0.4) is 0 Å². The van der Waals surface area contributed by atoms with Crippen molar-refractivity contribution in [2.45, 2.75) is 13.1 Å². The van der Waals surface area contributed by atoms with E-state index in [0.717, 1.165) is 17.7 Å². The summed E-state index contributed by atoms with van der Waals surface area (Å²) in [6.45, 7) is 2.08. The van der Waals surface area contributed by atoms with Gasteiger partial charge in [0.2, 0.25) is 0 Å². The molecule has 1 N–H and O–H groups in total. The molecule has 0 radical (unpaired) electrons. The van der Waals surface area contributed by atoms with Crippen molar-refractivity contribution in [2.24, 2.45) is 0 Å². The third-order valence-corrected chi connectivity index (χ3v) is 4.07. The van der Waals surface area contributed by atoms with Crippen LogP contribution in [0.4, 0.5) is 13.2 Å². The molecule has 1 heterocycles. The summed E-state index contributed by atoms with van der Waals surface area (Å²) < 4.78 is 54.8. The van der Waals surface area contributed by atoms with E-state index in [1.54, 1.807) is 6.07 Å². The maximum Gasteiger partial charge on any atom is 0.417 e. The molecule has 0 atom stereocenters. The Morgan fingerprint density at radius 3 is 2.57 bits per heavy atom. The van der Waals surface area contributed by atoms with Crippen molar-refractivity contribution >= 4 is 16.9 Å². The Kier molecular flexibility index (Phi) is 6.29. The molecule has 0 saturated heterocycles. The number of carbonyl (C=O) groups is 1. The van der Waals surface area contributed by atoms with Crippen molar-refractivity contribution in [1.29, 1.82) is 0 Å². The summed E-state index contributed by atoms with van der Waals surface area (Å²) in [4.78, 5) is 23.3. The number of rotatable bonds is 7. The summed E-state index contributed by atoms with van der Waals surface area (Å²) in [6, 6.07) is 11.4. The zero-order valence-electron chi connectivity index (χ0n) is 15.9. The molecule has 0 aliphatic carbocycles. The molecule has 158 valence electrons. The van der Waals surface area contributed by atoms with Crippen LogP contribution in [0.25, 0.3) is 11.0 Å². The molecule has 0 aliphatic rings. The fourth-order valence-electron chi connectivity index (χ4n) is 2.73. The lowest BCUT2D eigenvalue weighted by Gasteiger charge is -2.11. The number of aryl methyl sites for hydroxylation is 1. The number of carbonyl (C=O) groups excluding carboxylic acids is 1. The summed E-state index contributed by atoms with van der Waals surface area (Å²) >= 11 is 0. The Balaban J connectivity index is 1.54. The fraction of sp³-hybridized carbons (Fsp3) is 0.238. The van der Waals surface area contributed by atoms with Gasteiger partial charge in [0.15, 0.2) is 6.61 Å². The van der Waals surface area contributed by atoms with Crippen molar-refractivity contribution in [3.8, 4) is 11.5 Å². The Labute approximate surface area is 169 Å². The van der Waals surface area contributed by atoms with Crippen LogP contribution in [-0.2, 0) is 11.0 Å². The number of hydrogen-bond donors (Lipinski definition) is 1. The van der Waals surface area contributed by atoms with E-state index < -0.39 is 23.3 Å². The molecular formula is C21H18F3NO5. The fourth-order valence-corrected chi connectivity index (χ4v) is 2.73. The number of amides is 1. The van der Waals surface area contributed by atoms with E-state index in [-0.39, 0.29) is 36.5 Å². The van der Waals surface area contributed by atoms with Crippen LogP contribution in [0.5, 0.6) is 11.5 Å². The van der Waals surface area contributed by atoms with E-state index in [9.17, 15) is 22.8 Å². The third-order valence-electron chi connectivity index (χ3n) is 4.07. The Bertz CT molecular complexity index is 1110. The third kappa shape index (κ3) is 5.53. The monoisotopic (exact) mass is 421 g/mol. The van der Waals surface area contributed by atoms with Gasteiger partial charge in [0.1, 0.15) is 23.7 Å². The van der Waals surface area contributed by atoms with Crippen LogP contribution in [0, 0.1) is 6.92 Å². The number of ether oxygens (including phenoxy) is 2. The van der Waals surface area contributed by atoms with Gasteiger partial charge in [0, 0.05) is 17.5 Å². The lowest BCUT2D eigenvalue weighted by Crippen LogP contribution is -2.32. The Morgan fingerprint density at radius 2 is 1.83 bits per heavy atom. The SMILES string of the molecule is Cc1cccc(OCCNC(=O)COc2ccc3c(C(F)(F)F)cc(=O)oc3c2)c1. The summed E-state index contributed by atoms with van der Waals surface area (Å²) in [5, 5.41) is 2.33. The molecule has 0 fully saturated rings. The molecule has 0 spiro atoms. The number of halogens is 3. The first kappa shape index (κ1) is 21.2. The van der Waals surface area contributed by atoms with E-state index >= 15 is 0 Å². The van der Waals surface area contributed by atoms with E-state index in [2.05, 4.69) is 5.32 Å². The second-order valence-electron chi connectivity index (χ2n) is 6.44. The molecule has 9 heteroatoms. The summed E-state index contributed by atoms with van der Waals surface area (Å²) in [7, 11) is 0. The van der Waals surface area contributed by atoms with Crippen molar-refractivity contribution < 1.29 is 31.9 Å². The van der Waals surface area contributed by atoms with Gasteiger partial charge in [0.05, 0.1) is 12.1 Å². The summed E-state index contributed by atoms with van der Waals surface area (Å²) in [6.07, 6.45) is -4.70. The molecule has 30 heavy (non-hydrogen) atoms. The highest BCUT2D eigenvalue weighted by atomic mass is 19.4. The second-order valence-corrected chi connectivity index (χ2v) is 6.44. The van der Waals surface area contributed by atoms with Gasteiger partial charge in [-0.2, -0.15) is 13.2 Å². The van der Waals surface area contributed by atoms with Crippen LogP contribution in [0.1, 0.15) is 11.1 Å². The second kappa shape index (κ2) is 8.89. The zero-order valence-corrected chi connectivity index (χ0v) is 15.9. The summed E-state index contributed by atoms with van der Waals surface area (Å²) in [5.74, 6) is 0.348. The molecule has 0 aliphatic heterocycles. The van der Waals surface area contributed by atoms with Crippen LogP contribution in [0.2, 0.25) is 0 Å². The van der Waals surface area contributed by atoms with Gasteiger partial charge in [-0.1, -0.05) is 12.1 Å². The van der Waals surface area contributed by atoms with Crippen molar-refractivity contribution in [2.75, 3.05) is 19.8 Å². The average molecular weight is 421 g/mol. The molecule has 0 saturated carbocycles. The van der Waals surface area contributed by atoms with Gasteiger partial charge < -0.3 is 19.2 Å². The van der Waals surface area contributed by atoms with Gasteiger partial charge >= 0.3 is 11.8 Å². The van der Waals surface area contributed by atoms with Gasteiger partial charge in [-0.15, -0.1) is 0 Å². The van der Waals surface area contributed by atoms with Gasteiger partial charge in [-0.05, 0) is 36.8 Å². The molecule has 3 rings (SSSR count). The number of hydrogen-bond acceptors (Lipinski definition) is 5. The van der Waals surface area contributed by atoms with Gasteiger partial charge in [-0.3, -0.25) is 4.79 Å². The standard InChI is InChI=1S/C21H18F3NO5/c1-13-3-2-4-14(9-13)28-8-7-25-19(26)12-29-15-5-6-16-17(21(22,23)24)11-20(27)30-18(16)10-15/h2-6,9-11H,7-8,12H2,1H3,(H,25,26). The highest BCUT2D eigenvalue weighted by Crippen LogP contribution is 2.34. The van der Waals surface area contributed by atoms with Crippen molar-refractivity contribution in [1.82, 2.24) is 5.32 Å². The molecule has 3 aromatic rings. The Hall–Kier alpha value is -3.49. The maximum absolute atomic E-state index is 13.1. The average Bonchev–Trinajstić information content (AvgIpc) is 2.68. The topological polar surface area (TPSA) is 77.8 Å². The number of alkyl halides is 3. The molecule has 0 unspecified atom stereocenters. The van der Waals surface area contributed by atoms with Gasteiger partial charge in [0.25, 0.3) is 5.91 Å². The molecular weight excluding hydrogens is 403 g/mol. The first-order valence-corrected chi connectivity index (χ1v) is 8.96. The normalized spacial score (nSPS) is 11.3. The smallest absolute Gasteiger partial charge is 0.417 e. The highest BCUT2D eigenvalue weighted by molar-refractivity contribution is 5.82. The van der Waals surface area contributed by atoms with E-state index in [4.69, 9.17) is 13.9 Å². The van der Waals surface area contributed by atoms with E-state index in [0.29, 0.717) is 11.8 Å². The molecule has 6 nitrogen and oxygen atoms in total. The van der Waals surface area contributed by atoms with Crippen LogP contribution < -0.4 is 20.4 Å². The molecule has 1 amide bonds. The van der Waals surface area contributed by atoms with Gasteiger partial charge in [-0.25, -0.2) is 4.79 Å². The van der Waals surface area contributed by atoms with E-state index in [1.807, 2.05) is 25.1 Å². The first-order chi connectivity index (χ1) is 14.2. The van der Waals surface area contributed by atoms with E-state index in [1.165, 1.54) is 6.07 Å². The molecule has 1 aromatic heterocycles. The lowest BCUT2D eigenvalue weighted by molar-refractivity contribution is -0.136. The number of fused-ring (bicyclic) bond motifs is 1. The zero-order chi connectivity index (χ0) is 21.7. The maximum atomic E-state index is 13.1. The minimum Gasteiger partial charge on any atom is -0.492 e. The quantitative estimate of drug-likeness (QED) is 0.465. The Morgan fingerprint density at radius 1 is 1.07 bits per heavy atom. The molecule has 0 bridgehead atoms. The van der Waals surface area contributed by atoms with Crippen LogP contribution >= 0.6 is 0 Å². The number of nitrogens with one attached hydrogen (secondary N) is 1. The highest BCUT2D eigenvalue weighted by Gasteiger charge is 2.33. The predicted molar refractivity (Wildman–Crippen MR) is 103 cm³/mol. The van der Waals surface area contributed by atoms with Crippen molar-refractivity contribution in [3.05, 3.63) is 70.1 Å². The van der Waals surface area contributed by atoms with Crippen LogP contribution in [0.15, 0.2) is 57.7 Å². The number of benzene rings is 2. The van der Waals surface area contributed by atoms with Crippen LogP contribution in [-0.4, -0.2) is 25.7 Å². The minimum atomic E-state index is -4.70. The lowest BCUT2D eigenvalue weighted by atomic mass is 10.1. The minimum absolute atomic E-state index is 0.0936. The molecule has 2 aromatic carbocycles. The largest absolute Gasteiger partial charge is 0.492 e. The predicted octanol–water partition coefficient (Wildman–Crippen LogP) is 3.69. The van der Waals surface area contributed by atoms with Crippen molar-refractivity contribution in [3.63, 3.8) is 0 Å².